The van der Waals surface area contributed by atoms with E-state index in [0.29, 0.717) is 19.0 Å². The lowest BCUT2D eigenvalue weighted by atomic mass is 9.97. The highest BCUT2D eigenvalue weighted by Gasteiger charge is 2.26. The third-order valence-electron chi connectivity index (χ3n) is 4.39. The second-order valence-electron chi connectivity index (χ2n) is 7.76. The molecule has 0 unspecified atom stereocenters. The van der Waals surface area contributed by atoms with E-state index in [1.807, 2.05) is 57.2 Å². The summed E-state index contributed by atoms with van der Waals surface area (Å²) in [6, 6.07) is 11.3. The summed E-state index contributed by atoms with van der Waals surface area (Å²) in [6.07, 6.45) is 2.98. The number of nitrogens with one attached hydrogen (secondary N) is 2. The Bertz CT molecular complexity index is 774. The van der Waals surface area contributed by atoms with Gasteiger partial charge in [0.2, 0.25) is 0 Å². The van der Waals surface area contributed by atoms with Gasteiger partial charge >= 0.3 is 6.09 Å². The van der Waals surface area contributed by atoms with Crippen molar-refractivity contribution in [2.45, 2.75) is 39.2 Å². The van der Waals surface area contributed by atoms with Gasteiger partial charge in [0.05, 0.1) is 11.4 Å². The molecule has 7 nitrogen and oxygen atoms in total. The number of para-hydroxylation sites is 2. The maximum atomic E-state index is 12.1. The van der Waals surface area contributed by atoms with Crippen LogP contribution in [-0.2, 0) is 4.74 Å². The van der Waals surface area contributed by atoms with Crippen LogP contribution in [0.5, 0.6) is 0 Å². The van der Waals surface area contributed by atoms with E-state index in [9.17, 15) is 4.79 Å². The smallest absolute Gasteiger partial charge is 0.410 e. The molecular weight excluding hydrogens is 354 g/mol. The molecule has 0 bridgehead atoms. The third kappa shape index (κ3) is 6.51. The van der Waals surface area contributed by atoms with Crippen LogP contribution < -0.4 is 10.6 Å². The van der Waals surface area contributed by atoms with Gasteiger partial charge in [-0.25, -0.2) is 4.79 Å². The van der Waals surface area contributed by atoms with Crippen LogP contribution in [0.4, 0.5) is 16.2 Å². The second kappa shape index (κ2) is 9.66. The fourth-order valence-corrected chi connectivity index (χ4v) is 2.90. The van der Waals surface area contributed by atoms with Crippen molar-refractivity contribution in [1.82, 2.24) is 4.90 Å². The minimum atomic E-state index is -0.475. The van der Waals surface area contributed by atoms with Crippen molar-refractivity contribution in [1.29, 1.82) is 10.5 Å². The number of ether oxygens (including phenoxy) is 1. The van der Waals surface area contributed by atoms with Gasteiger partial charge in [-0.3, -0.25) is 0 Å². The molecule has 1 aromatic rings. The molecule has 1 aliphatic rings. The average molecular weight is 381 g/mol. The highest BCUT2D eigenvalue weighted by atomic mass is 16.6. The minimum absolute atomic E-state index is 0.0179. The standard InChI is InChI=1S/C21H27N5O2/c1-21(2,3)28-20(27)26-10-8-16(9-11-26)14-24-18-6-4-5-7-19(18)25-15-17(12-22)13-23/h4-7,15-16,24-25H,8-11,14H2,1-3H3. The summed E-state index contributed by atoms with van der Waals surface area (Å²) in [5.41, 5.74) is 1.25. The summed E-state index contributed by atoms with van der Waals surface area (Å²) in [7, 11) is 0. The lowest BCUT2D eigenvalue weighted by Crippen LogP contribution is -2.42. The van der Waals surface area contributed by atoms with E-state index in [-0.39, 0.29) is 11.7 Å². The maximum absolute atomic E-state index is 12.1. The van der Waals surface area contributed by atoms with Crippen LogP contribution in [0.25, 0.3) is 0 Å². The predicted molar refractivity (Wildman–Crippen MR) is 108 cm³/mol. The van der Waals surface area contributed by atoms with E-state index in [0.717, 1.165) is 30.8 Å². The number of rotatable bonds is 5. The van der Waals surface area contributed by atoms with Crippen LogP contribution in [-0.4, -0.2) is 36.2 Å². The van der Waals surface area contributed by atoms with Gasteiger partial charge < -0.3 is 20.3 Å². The van der Waals surface area contributed by atoms with E-state index in [2.05, 4.69) is 10.6 Å². The Hall–Kier alpha value is -3.19. The number of nitrogens with zero attached hydrogens (tertiary/aromatic N) is 3. The Morgan fingerprint density at radius 2 is 1.82 bits per heavy atom. The zero-order valence-corrected chi connectivity index (χ0v) is 16.7. The lowest BCUT2D eigenvalue weighted by molar-refractivity contribution is 0.0188. The number of hydrogen-bond acceptors (Lipinski definition) is 6. The molecule has 2 rings (SSSR count). The molecule has 1 fully saturated rings. The first kappa shape index (κ1) is 21.1. The fourth-order valence-electron chi connectivity index (χ4n) is 2.90. The molecule has 1 saturated heterocycles. The number of carbonyl (C=O) groups is 1. The van der Waals surface area contributed by atoms with Crippen molar-refractivity contribution in [3.05, 3.63) is 36.0 Å². The van der Waals surface area contributed by atoms with E-state index in [1.54, 1.807) is 4.90 Å². The van der Waals surface area contributed by atoms with Crippen LogP contribution in [0.15, 0.2) is 36.0 Å². The fraction of sp³-hybridized carbons (Fsp3) is 0.476. The monoisotopic (exact) mass is 381 g/mol. The van der Waals surface area contributed by atoms with Crippen LogP contribution >= 0.6 is 0 Å². The molecule has 7 heteroatoms. The summed E-state index contributed by atoms with van der Waals surface area (Å²) in [5, 5.41) is 24.1. The molecule has 1 aliphatic heterocycles. The third-order valence-corrected chi connectivity index (χ3v) is 4.39. The minimum Gasteiger partial charge on any atom is -0.444 e. The topological polar surface area (TPSA) is 101 Å². The first-order valence-corrected chi connectivity index (χ1v) is 9.40. The van der Waals surface area contributed by atoms with Crippen molar-refractivity contribution in [3.63, 3.8) is 0 Å². The molecule has 0 aliphatic carbocycles. The summed E-state index contributed by atoms with van der Waals surface area (Å²) < 4.78 is 5.43. The van der Waals surface area contributed by atoms with Crippen molar-refractivity contribution in [2.24, 2.45) is 5.92 Å². The Balaban J connectivity index is 1.86. The SMILES string of the molecule is CC(C)(C)OC(=O)N1CCC(CNc2ccccc2NC=C(C#N)C#N)CC1. The molecule has 1 amide bonds. The Morgan fingerprint density at radius 1 is 1.21 bits per heavy atom. The van der Waals surface area contributed by atoms with E-state index < -0.39 is 5.60 Å². The van der Waals surface area contributed by atoms with Gasteiger partial charge in [-0.05, 0) is 51.7 Å². The summed E-state index contributed by atoms with van der Waals surface area (Å²) >= 11 is 0. The van der Waals surface area contributed by atoms with Crippen molar-refractivity contribution < 1.29 is 9.53 Å². The number of anilines is 2. The van der Waals surface area contributed by atoms with Gasteiger partial charge in [-0.1, -0.05) is 12.1 Å². The van der Waals surface area contributed by atoms with Gasteiger partial charge in [0, 0.05) is 25.8 Å². The Kier molecular flexibility index (Phi) is 7.28. The summed E-state index contributed by atoms with van der Waals surface area (Å²) in [6.45, 7) is 7.79. The van der Waals surface area contributed by atoms with Crippen LogP contribution in [0.3, 0.4) is 0 Å². The summed E-state index contributed by atoms with van der Waals surface area (Å²) in [5.74, 6) is 0.455. The normalized spacial score (nSPS) is 14.4. The van der Waals surface area contributed by atoms with Crippen LogP contribution in [0, 0.1) is 28.6 Å². The molecule has 0 aromatic heterocycles. The zero-order chi connectivity index (χ0) is 20.6. The molecule has 0 atom stereocenters. The number of benzene rings is 1. The predicted octanol–water partition coefficient (Wildman–Crippen LogP) is 4.09. The molecule has 0 saturated carbocycles. The number of likely N-dealkylation sites (tertiary alicyclic amines) is 1. The molecule has 148 valence electrons. The number of nitriles is 2. The van der Waals surface area contributed by atoms with E-state index >= 15 is 0 Å². The second-order valence-corrected chi connectivity index (χ2v) is 7.76. The van der Waals surface area contributed by atoms with Crippen molar-refractivity contribution in [3.8, 4) is 12.1 Å². The molecular formula is C21H27N5O2. The molecule has 28 heavy (non-hydrogen) atoms. The van der Waals surface area contributed by atoms with Gasteiger partial charge in [-0.2, -0.15) is 10.5 Å². The van der Waals surface area contributed by atoms with E-state index in [1.165, 1.54) is 6.20 Å². The van der Waals surface area contributed by atoms with Gasteiger partial charge in [0.15, 0.2) is 0 Å². The number of carbonyl (C=O) groups excluding carboxylic acids is 1. The Labute approximate surface area is 166 Å². The maximum Gasteiger partial charge on any atom is 0.410 e. The first-order valence-electron chi connectivity index (χ1n) is 9.40. The molecule has 1 aromatic carbocycles. The largest absolute Gasteiger partial charge is 0.444 e. The van der Waals surface area contributed by atoms with Crippen LogP contribution in [0.1, 0.15) is 33.6 Å². The highest BCUT2D eigenvalue weighted by Crippen LogP contribution is 2.24. The Morgan fingerprint density at radius 3 is 2.39 bits per heavy atom. The first-order chi connectivity index (χ1) is 13.3. The van der Waals surface area contributed by atoms with Gasteiger partial charge in [-0.15, -0.1) is 0 Å². The van der Waals surface area contributed by atoms with Gasteiger partial charge in [0.25, 0.3) is 0 Å². The van der Waals surface area contributed by atoms with Crippen LogP contribution in [0.2, 0.25) is 0 Å². The zero-order valence-electron chi connectivity index (χ0n) is 16.7. The van der Waals surface area contributed by atoms with Gasteiger partial charge in [0.1, 0.15) is 23.3 Å². The van der Waals surface area contributed by atoms with Crippen molar-refractivity contribution >= 4 is 17.5 Å². The van der Waals surface area contributed by atoms with E-state index in [4.69, 9.17) is 15.3 Å². The number of hydrogen-bond donors (Lipinski definition) is 2. The number of piperidine rings is 1. The molecule has 2 N–H and O–H groups in total. The highest BCUT2D eigenvalue weighted by molar-refractivity contribution is 5.70. The lowest BCUT2D eigenvalue weighted by Gasteiger charge is -2.33. The molecule has 0 spiro atoms. The number of allylic oxidation sites excluding steroid dienone is 1. The quantitative estimate of drug-likeness (QED) is 0.745. The molecule has 0 radical (unpaired) electrons. The number of amides is 1. The summed E-state index contributed by atoms with van der Waals surface area (Å²) in [4.78, 5) is 13.9. The molecule has 1 heterocycles. The average Bonchev–Trinajstić information content (AvgIpc) is 2.67. The van der Waals surface area contributed by atoms with Crippen molar-refractivity contribution in [2.75, 3.05) is 30.3 Å².